The Morgan fingerprint density at radius 1 is 1.30 bits per heavy atom. The van der Waals surface area contributed by atoms with Crippen LogP contribution in [0.15, 0.2) is 24.3 Å². The molecule has 0 aliphatic carbocycles. The lowest BCUT2D eigenvalue weighted by Gasteiger charge is -2.42. The molecular weight excluding hydrogens is 359 g/mol. The van der Waals surface area contributed by atoms with Gasteiger partial charge in [0.25, 0.3) is 0 Å². The van der Waals surface area contributed by atoms with Gasteiger partial charge in [0.2, 0.25) is 0 Å². The van der Waals surface area contributed by atoms with Crippen LogP contribution in [-0.4, -0.2) is 30.1 Å². The van der Waals surface area contributed by atoms with Crippen molar-refractivity contribution < 1.29 is 0 Å². The fourth-order valence-corrected chi connectivity index (χ4v) is 3.32. The number of nitrogens with zero attached hydrogens (tertiary/aromatic N) is 1. The van der Waals surface area contributed by atoms with Crippen molar-refractivity contribution in [3.8, 4) is 0 Å². The second kappa shape index (κ2) is 7.76. The molecule has 0 spiro atoms. The molecule has 1 aromatic rings. The second-order valence-electron chi connectivity index (χ2n) is 6.26. The van der Waals surface area contributed by atoms with Crippen LogP contribution in [0.25, 0.3) is 0 Å². The Hall–Kier alpha value is -0.130. The van der Waals surface area contributed by atoms with Crippen molar-refractivity contribution >= 4 is 22.6 Å². The molecule has 1 heterocycles. The van der Waals surface area contributed by atoms with Crippen molar-refractivity contribution in [3.63, 3.8) is 0 Å². The van der Waals surface area contributed by atoms with E-state index in [2.05, 4.69) is 77.8 Å². The molecule has 0 radical (unpaired) electrons. The van der Waals surface area contributed by atoms with Crippen molar-refractivity contribution in [2.45, 2.75) is 52.2 Å². The number of nitrogens with one attached hydrogen (secondary N) is 1. The summed E-state index contributed by atoms with van der Waals surface area (Å²) in [5, 5.41) is 3.74. The molecule has 2 unspecified atom stereocenters. The van der Waals surface area contributed by atoms with E-state index in [0.717, 1.165) is 13.1 Å². The van der Waals surface area contributed by atoms with Gasteiger partial charge in [-0.2, -0.15) is 0 Å². The number of benzene rings is 1. The van der Waals surface area contributed by atoms with Crippen molar-refractivity contribution in [1.29, 1.82) is 0 Å². The van der Waals surface area contributed by atoms with Crippen LogP contribution in [0.2, 0.25) is 0 Å². The average molecular weight is 386 g/mol. The van der Waals surface area contributed by atoms with Gasteiger partial charge in [-0.05, 0) is 52.6 Å². The van der Waals surface area contributed by atoms with Gasteiger partial charge in [-0.25, -0.2) is 0 Å². The van der Waals surface area contributed by atoms with Crippen LogP contribution in [-0.2, 0) is 6.54 Å². The molecule has 0 aromatic heterocycles. The maximum Gasteiger partial charge on any atom is 0.0237 e. The predicted molar refractivity (Wildman–Crippen MR) is 94.9 cm³/mol. The maximum atomic E-state index is 3.74. The molecule has 3 heteroatoms. The largest absolute Gasteiger partial charge is 0.311 e. The van der Waals surface area contributed by atoms with Gasteiger partial charge in [-0.3, -0.25) is 4.90 Å². The lowest BCUT2D eigenvalue weighted by Crippen LogP contribution is -2.57. The molecule has 1 fully saturated rings. The second-order valence-corrected chi connectivity index (χ2v) is 7.50. The van der Waals surface area contributed by atoms with Crippen LogP contribution in [0, 0.1) is 9.49 Å². The van der Waals surface area contributed by atoms with Gasteiger partial charge >= 0.3 is 0 Å². The Morgan fingerprint density at radius 2 is 2.00 bits per heavy atom. The van der Waals surface area contributed by atoms with Crippen molar-refractivity contribution in [2.24, 2.45) is 5.92 Å². The Balaban J connectivity index is 2.04. The monoisotopic (exact) mass is 386 g/mol. The van der Waals surface area contributed by atoms with E-state index in [4.69, 9.17) is 0 Å². The average Bonchev–Trinajstić information content (AvgIpc) is 2.43. The Labute approximate surface area is 137 Å². The van der Waals surface area contributed by atoms with Gasteiger partial charge in [-0.1, -0.05) is 39.3 Å². The van der Waals surface area contributed by atoms with Crippen LogP contribution in [0.4, 0.5) is 0 Å². The van der Waals surface area contributed by atoms with E-state index in [-0.39, 0.29) is 0 Å². The lowest BCUT2D eigenvalue weighted by molar-refractivity contribution is 0.0997. The van der Waals surface area contributed by atoms with Gasteiger partial charge in [0.15, 0.2) is 0 Å². The highest BCUT2D eigenvalue weighted by atomic mass is 127. The molecule has 112 valence electrons. The van der Waals surface area contributed by atoms with Crippen molar-refractivity contribution in [3.05, 3.63) is 33.4 Å². The van der Waals surface area contributed by atoms with Crippen LogP contribution >= 0.6 is 22.6 Å². The van der Waals surface area contributed by atoms with E-state index in [9.17, 15) is 0 Å². The zero-order chi connectivity index (χ0) is 14.5. The highest BCUT2D eigenvalue weighted by Gasteiger charge is 2.28. The number of halogens is 1. The van der Waals surface area contributed by atoms with Gasteiger partial charge in [-0.15, -0.1) is 0 Å². The Morgan fingerprint density at radius 3 is 2.60 bits per heavy atom. The molecule has 1 aliphatic rings. The summed E-state index contributed by atoms with van der Waals surface area (Å²) in [5.74, 6) is 0.705. The lowest BCUT2D eigenvalue weighted by atomic mass is 9.97. The third-order valence-corrected chi connectivity index (χ3v) is 5.01. The van der Waals surface area contributed by atoms with Crippen molar-refractivity contribution in [2.75, 3.05) is 13.1 Å². The van der Waals surface area contributed by atoms with E-state index in [1.54, 1.807) is 0 Å². The first-order valence-corrected chi connectivity index (χ1v) is 8.90. The van der Waals surface area contributed by atoms with Gasteiger partial charge in [0.05, 0.1) is 0 Å². The first kappa shape index (κ1) is 16.2. The number of piperazine rings is 1. The predicted octanol–water partition coefficient (Wildman–Crippen LogP) is 3.89. The molecule has 2 nitrogen and oxygen atoms in total. The van der Waals surface area contributed by atoms with E-state index in [1.807, 2.05) is 0 Å². The molecule has 1 saturated heterocycles. The minimum absolute atomic E-state index is 0.631. The molecule has 0 amide bonds. The zero-order valence-electron chi connectivity index (χ0n) is 12.9. The van der Waals surface area contributed by atoms with E-state index < -0.39 is 0 Å². The highest BCUT2D eigenvalue weighted by Crippen LogP contribution is 2.19. The molecule has 1 aromatic carbocycles. The summed E-state index contributed by atoms with van der Waals surface area (Å²) >= 11 is 2.37. The number of hydrogen-bond donors (Lipinski definition) is 1. The Bertz CT molecular complexity index is 402. The van der Waals surface area contributed by atoms with E-state index >= 15 is 0 Å². The van der Waals surface area contributed by atoms with Crippen LogP contribution in [0.3, 0.4) is 0 Å². The molecule has 1 aliphatic heterocycles. The standard InChI is InChI=1S/C17H27IN2/c1-4-5-16-10-19-17(13(2)3)12-20(16)11-14-6-8-15(18)9-7-14/h6-9,13,16-17,19H,4-5,10-12H2,1-3H3. The van der Waals surface area contributed by atoms with Crippen molar-refractivity contribution in [1.82, 2.24) is 10.2 Å². The summed E-state index contributed by atoms with van der Waals surface area (Å²) in [4.78, 5) is 2.69. The minimum Gasteiger partial charge on any atom is -0.311 e. The number of hydrogen-bond acceptors (Lipinski definition) is 2. The number of rotatable bonds is 5. The molecule has 1 N–H and O–H groups in total. The normalized spacial score (nSPS) is 24.2. The Kier molecular flexibility index (Phi) is 6.30. The fourth-order valence-electron chi connectivity index (χ4n) is 2.97. The van der Waals surface area contributed by atoms with Crippen LogP contribution < -0.4 is 5.32 Å². The minimum atomic E-state index is 0.631. The summed E-state index contributed by atoms with van der Waals surface area (Å²) in [6.45, 7) is 10.3. The summed E-state index contributed by atoms with van der Waals surface area (Å²) in [5.41, 5.74) is 1.44. The summed E-state index contributed by atoms with van der Waals surface area (Å²) < 4.78 is 1.32. The summed E-state index contributed by atoms with van der Waals surface area (Å²) in [6, 6.07) is 10.3. The van der Waals surface area contributed by atoms with Gasteiger partial charge in [0, 0.05) is 35.3 Å². The fraction of sp³-hybridized carbons (Fsp3) is 0.647. The van der Waals surface area contributed by atoms with E-state index in [0.29, 0.717) is 18.0 Å². The maximum absolute atomic E-state index is 3.74. The van der Waals surface area contributed by atoms with E-state index in [1.165, 1.54) is 28.5 Å². The summed E-state index contributed by atoms with van der Waals surface area (Å²) in [6.07, 6.45) is 2.56. The van der Waals surface area contributed by atoms with Gasteiger partial charge < -0.3 is 5.32 Å². The van der Waals surface area contributed by atoms with Gasteiger partial charge in [0.1, 0.15) is 0 Å². The first-order valence-electron chi connectivity index (χ1n) is 7.82. The molecule has 0 bridgehead atoms. The quantitative estimate of drug-likeness (QED) is 0.773. The molecule has 20 heavy (non-hydrogen) atoms. The molecule has 0 saturated carbocycles. The first-order chi connectivity index (χ1) is 9.60. The molecule has 2 atom stereocenters. The topological polar surface area (TPSA) is 15.3 Å². The third kappa shape index (κ3) is 4.43. The van der Waals surface area contributed by atoms with Crippen LogP contribution in [0.5, 0.6) is 0 Å². The van der Waals surface area contributed by atoms with Crippen LogP contribution in [0.1, 0.15) is 39.2 Å². The zero-order valence-corrected chi connectivity index (χ0v) is 15.1. The molecular formula is C17H27IN2. The summed E-state index contributed by atoms with van der Waals surface area (Å²) in [7, 11) is 0. The SMILES string of the molecule is CCCC1CNC(C(C)C)CN1Cc1ccc(I)cc1. The third-order valence-electron chi connectivity index (χ3n) is 4.29. The highest BCUT2D eigenvalue weighted by molar-refractivity contribution is 14.1. The molecule has 2 rings (SSSR count). The smallest absolute Gasteiger partial charge is 0.0237 e.